The van der Waals surface area contributed by atoms with Crippen LogP contribution in [0.25, 0.3) is 11.0 Å². The van der Waals surface area contributed by atoms with Crippen LogP contribution in [0.2, 0.25) is 5.02 Å². The summed E-state index contributed by atoms with van der Waals surface area (Å²) >= 11 is 6.28. The number of anilines is 2. The molecule has 1 saturated heterocycles. The Morgan fingerprint density at radius 3 is 2.58 bits per heavy atom. The Balaban J connectivity index is 1.69. The summed E-state index contributed by atoms with van der Waals surface area (Å²) in [6.07, 6.45) is 1.74. The van der Waals surface area contributed by atoms with Crippen molar-refractivity contribution in [3.05, 3.63) is 47.1 Å². The lowest BCUT2D eigenvalue weighted by molar-refractivity contribution is 0.0157. The van der Waals surface area contributed by atoms with Gasteiger partial charge in [-0.15, -0.1) is 0 Å². The van der Waals surface area contributed by atoms with Gasteiger partial charge in [0.2, 0.25) is 0 Å². The van der Waals surface area contributed by atoms with Gasteiger partial charge in [0.05, 0.1) is 42.1 Å². The van der Waals surface area contributed by atoms with Crippen LogP contribution >= 0.6 is 11.6 Å². The van der Waals surface area contributed by atoms with E-state index in [9.17, 15) is 4.79 Å². The highest BCUT2D eigenvalue weighted by atomic mass is 35.5. The molecular formula is C22H22ClN3O5. The minimum absolute atomic E-state index is 0.0608. The van der Waals surface area contributed by atoms with Crippen molar-refractivity contribution in [3.63, 3.8) is 0 Å². The fraction of sp³-hybridized carbons (Fsp3) is 0.318. The third-order valence-corrected chi connectivity index (χ3v) is 5.21. The summed E-state index contributed by atoms with van der Waals surface area (Å²) in [5, 5.41) is 3.49. The molecule has 3 aromatic rings. The molecule has 1 aromatic heterocycles. The first kappa shape index (κ1) is 21.1. The summed E-state index contributed by atoms with van der Waals surface area (Å²) in [7, 11) is 3.04. The average Bonchev–Trinajstić information content (AvgIpc) is 3.31. The Hall–Kier alpha value is -3.10. The summed E-state index contributed by atoms with van der Waals surface area (Å²) in [4.78, 5) is 22.0. The monoisotopic (exact) mass is 443 g/mol. The first-order valence-corrected chi connectivity index (χ1v) is 10.2. The SMILES string of the molecule is COc1cc(OC)c(Nc2nc3ccccc3nc2C(=O)OCC2CCCO2)cc1Cl. The Labute approximate surface area is 184 Å². The molecule has 0 aliphatic carbocycles. The molecule has 1 unspecified atom stereocenters. The smallest absolute Gasteiger partial charge is 0.360 e. The molecule has 1 atom stereocenters. The van der Waals surface area contributed by atoms with Gasteiger partial charge >= 0.3 is 5.97 Å². The number of esters is 1. The van der Waals surface area contributed by atoms with Crippen molar-refractivity contribution >= 4 is 40.1 Å². The quantitative estimate of drug-likeness (QED) is 0.538. The van der Waals surface area contributed by atoms with Crippen LogP contribution in [0.4, 0.5) is 11.5 Å². The third-order valence-electron chi connectivity index (χ3n) is 4.92. The van der Waals surface area contributed by atoms with Crippen LogP contribution in [0.5, 0.6) is 11.5 Å². The highest BCUT2D eigenvalue weighted by molar-refractivity contribution is 6.32. The number of carbonyl (C=O) groups excluding carboxylic acids is 1. The van der Waals surface area contributed by atoms with Gasteiger partial charge in [-0.2, -0.15) is 0 Å². The zero-order chi connectivity index (χ0) is 21.8. The molecule has 2 heterocycles. The van der Waals surface area contributed by atoms with Crippen molar-refractivity contribution < 1.29 is 23.7 Å². The first-order valence-electron chi connectivity index (χ1n) is 9.83. The number of hydrogen-bond donors (Lipinski definition) is 1. The zero-order valence-electron chi connectivity index (χ0n) is 17.2. The van der Waals surface area contributed by atoms with E-state index in [4.69, 9.17) is 30.5 Å². The van der Waals surface area contributed by atoms with E-state index < -0.39 is 5.97 Å². The minimum Gasteiger partial charge on any atom is -0.495 e. The molecule has 1 fully saturated rings. The fourth-order valence-electron chi connectivity index (χ4n) is 3.33. The number of carbonyl (C=O) groups is 1. The molecule has 4 rings (SSSR count). The number of nitrogens with one attached hydrogen (secondary N) is 1. The molecule has 9 heteroatoms. The van der Waals surface area contributed by atoms with E-state index in [-0.39, 0.29) is 24.2 Å². The lowest BCUT2D eigenvalue weighted by atomic mass is 10.2. The van der Waals surface area contributed by atoms with Crippen LogP contribution in [0.15, 0.2) is 36.4 Å². The van der Waals surface area contributed by atoms with Crippen LogP contribution in [-0.2, 0) is 9.47 Å². The van der Waals surface area contributed by atoms with Crippen molar-refractivity contribution in [2.75, 3.05) is 32.8 Å². The Morgan fingerprint density at radius 1 is 1.16 bits per heavy atom. The van der Waals surface area contributed by atoms with E-state index in [1.54, 1.807) is 18.2 Å². The largest absolute Gasteiger partial charge is 0.495 e. The van der Waals surface area contributed by atoms with Crippen molar-refractivity contribution in [2.24, 2.45) is 0 Å². The molecule has 0 bridgehead atoms. The number of methoxy groups -OCH3 is 2. The second kappa shape index (κ2) is 9.36. The fourth-order valence-corrected chi connectivity index (χ4v) is 3.57. The molecule has 0 amide bonds. The van der Waals surface area contributed by atoms with Crippen LogP contribution in [-0.4, -0.2) is 49.5 Å². The maximum absolute atomic E-state index is 12.9. The molecule has 162 valence electrons. The summed E-state index contributed by atoms with van der Waals surface area (Å²) < 4.78 is 21.7. The maximum atomic E-state index is 12.9. The highest BCUT2D eigenvalue weighted by Crippen LogP contribution is 2.37. The number of aromatic nitrogens is 2. The second-order valence-corrected chi connectivity index (χ2v) is 7.36. The van der Waals surface area contributed by atoms with Gasteiger partial charge in [0, 0.05) is 12.7 Å². The summed E-state index contributed by atoms with van der Waals surface area (Å²) in [5.74, 6) is 0.574. The topological polar surface area (TPSA) is 91.8 Å². The number of fused-ring (bicyclic) bond motifs is 1. The molecule has 2 aromatic carbocycles. The molecule has 31 heavy (non-hydrogen) atoms. The number of halogens is 1. The van der Waals surface area contributed by atoms with Gasteiger partial charge < -0.3 is 24.3 Å². The van der Waals surface area contributed by atoms with Gasteiger partial charge in [0.1, 0.15) is 18.1 Å². The van der Waals surface area contributed by atoms with Gasteiger partial charge in [-0.25, -0.2) is 14.8 Å². The maximum Gasteiger partial charge on any atom is 0.360 e. The Kier molecular flexibility index (Phi) is 6.39. The third kappa shape index (κ3) is 4.65. The number of ether oxygens (including phenoxy) is 4. The predicted molar refractivity (Wildman–Crippen MR) is 117 cm³/mol. The van der Waals surface area contributed by atoms with E-state index in [0.29, 0.717) is 39.8 Å². The number of nitrogens with zero attached hydrogens (tertiary/aromatic N) is 2. The second-order valence-electron chi connectivity index (χ2n) is 6.96. The molecule has 0 spiro atoms. The van der Waals surface area contributed by atoms with Gasteiger partial charge in [0.15, 0.2) is 11.5 Å². The molecule has 1 aliphatic heterocycles. The number of para-hydroxylation sites is 2. The first-order chi connectivity index (χ1) is 15.1. The predicted octanol–water partition coefficient (Wildman–Crippen LogP) is 4.38. The molecular weight excluding hydrogens is 422 g/mol. The normalized spacial score (nSPS) is 15.6. The average molecular weight is 444 g/mol. The van der Waals surface area contributed by atoms with E-state index in [2.05, 4.69) is 15.3 Å². The van der Waals surface area contributed by atoms with Crippen LogP contribution < -0.4 is 14.8 Å². The number of hydrogen-bond acceptors (Lipinski definition) is 8. The van der Waals surface area contributed by atoms with E-state index in [1.165, 1.54) is 14.2 Å². The van der Waals surface area contributed by atoms with Gasteiger partial charge in [-0.1, -0.05) is 23.7 Å². The summed E-state index contributed by atoms with van der Waals surface area (Å²) in [6.45, 7) is 0.854. The zero-order valence-corrected chi connectivity index (χ0v) is 17.9. The molecule has 8 nitrogen and oxygen atoms in total. The highest BCUT2D eigenvalue weighted by Gasteiger charge is 2.23. The molecule has 0 saturated carbocycles. The standard InChI is InChI=1S/C22H22ClN3O5/c1-28-18-11-19(29-2)17(10-14(18)23)26-21-20(22(27)31-12-13-6-5-9-30-13)24-15-7-3-4-8-16(15)25-21/h3-4,7-8,10-11,13H,5-6,9,12H2,1-2H3,(H,25,26). The summed E-state index contributed by atoms with van der Waals surface area (Å²) in [6, 6.07) is 10.6. The van der Waals surface area contributed by atoms with E-state index in [0.717, 1.165) is 12.8 Å². The molecule has 0 radical (unpaired) electrons. The lowest BCUT2D eigenvalue weighted by Crippen LogP contribution is -2.20. The number of rotatable bonds is 7. The Bertz CT molecular complexity index is 1100. The minimum atomic E-state index is -0.588. The van der Waals surface area contributed by atoms with Crippen molar-refractivity contribution in [1.82, 2.24) is 9.97 Å². The summed E-state index contributed by atoms with van der Waals surface area (Å²) in [5.41, 5.74) is 1.77. The van der Waals surface area contributed by atoms with Gasteiger partial charge in [-0.3, -0.25) is 0 Å². The molecule has 1 N–H and O–H groups in total. The lowest BCUT2D eigenvalue weighted by Gasteiger charge is -2.16. The van der Waals surface area contributed by atoms with Crippen molar-refractivity contribution in [2.45, 2.75) is 18.9 Å². The van der Waals surface area contributed by atoms with Gasteiger partial charge in [0.25, 0.3) is 0 Å². The van der Waals surface area contributed by atoms with E-state index >= 15 is 0 Å². The number of benzene rings is 2. The van der Waals surface area contributed by atoms with Crippen LogP contribution in [0.1, 0.15) is 23.3 Å². The Morgan fingerprint density at radius 2 is 1.90 bits per heavy atom. The molecule has 1 aliphatic rings. The van der Waals surface area contributed by atoms with Crippen molar-refractivity contribution in [1.29, 1.82) is 0 Å². The van der Waals surface area contributed by atoms with E-state index in [1.807, 2.05) is 18.2 Å². The van der Waals surface area contributed by atoms with Crippen molar-refractivity contribution in [3.8, 4) is 11.5 Å². The van der Waals surface area contributed by atoms with Crippen LogP contribution in [0, 0.1) is 0 Å². The van der Waals surface area contributed by atoms with Crippen LogP contribution in [0.3, 0.4) is 0 Å². The van der Waals surface area contributed by atoms with Gasteiger partial charge in [-0.05, 0) is 31.0 Å².